The van der Waals surface area contributed by atoms with Crippen molar-refractivity contribution >= 4 is 17.4 Å². The van der Waals surface area contributed by atoms with E-state index < -0.39 is 17.4 Å². The van der Waals surface area contributed by atoms with E-state index in [-0.39, 0.29) is 0 Å². The predicted octanol–water partition coefficient (Wildman–Crippen LogP) is 14.8. The Kier molecular flexibility index (Phi) is 31.7. The fourth-order valence-corrected chi connectivity index (χ4v) is 13.2. The minimum atomic E-state index is -1.38. The highest BCUT2D eigenvalue weighted by Crippen LogP contribution is 2.20. The molecular formula is C39H84OSi2. The Morgan fingerprint density at radius 3 is 0.786 bits per heavy atom. The Bertz CT molecular complexity index is 475. The van der Waals surface area contributed by atoms with Crippen LogP contribution in [0.4, 0.5) is 0 Å². The van der Waals surface area contributed by atoms with E-state index in [1.807, 2.05) is 0 Å². The maximum absolute atomic E-state index is 6.76. The Hall–Kier alpha value is 0.394. The fraction of sp³-hybridized carbons (Fsp3) is 1.00. The number of hydrogen-bond donors (Lipinski definition) is 0. The maximum Gasteiger partial charge on any atom is 0.170 e. The summed E-state index contributed by atoms with van der Waals surface area (Å²) in [7, 11) is -2.37. The van der Waals surface area contributed by atoms with Gasteiger partial charge in [0, 0.05) is 0 Å². The first-order valence-electron chi connectivity index (χ1n) is 19.9. The van der Waals surface area contributed by atoms with Gasteiger partial charge in [-0.25, -0.2) is 0 Å². The molecule has 0 aliphatic carbocycles. The molecule has 0 aromatic carbocycles. The van der Waals surface area contributed by atoms with Gasteiger partial charge in [-0.1, -0.05) is 207 Å². The van der Waals surface area contributed by atoms with Crippen LogP contribution in [-0.2, 0) is 4.12 Å². The average molecular weight is 625 g/mol. The second kappa shape index (κ2) is 31.4. The van der Waals surface area contributed by atoms with Crippen LogP contribution in [0.15, 0.2) is 0 Å². The van der Waals surface area contributed by atoms with E-state index in [0.717, 1.165) is 11.8 Å². The lowest BCUT2D eigenvalue weighted by atomic mass is 10.0. The summed E-state index contributed by atoms with van der Waals surface area (Å²) in [6, 6.07) is 2.89. The number of rotatable bonds is 34. The summed E-state index contributed by atoms with van der Waals surface area (Å²) < 4.78 is 6.76. The number of hydrogen-bond acceptors (Lipinski definition) is 1. The maximum atomic E-state index is 6.76. The van der Waals surface area contributed by atoms with Gasteiger partial charge in [0.1, 0.15) is 0 Å². The van der Waals surface area contributed by atoms with Crippen LogP contribution in [0.1, 0.15) is 207 Å². The summed E-state index contributed by atoms with van der Waals surface area (Å²) in [5.41, 5.74) is 0. The topological polar surface area (TPSA) is 9.23 Å². The molecule has 0 fully saturated rings. The molecule has 0 aromatic rings. The van der Waals surface area contributed by atoms with Gasteiger partial charge < -0.3 is 4.12 Å². The highest BCUT2D eigenvalue weighted by molar-refractivity contribution is 6.77. The summed E-state index contributed by atoms with van der Waals surface area (Å²) in [5.74, 6) is 1.78. The third-order valence-electron chi connectivity index (χ3n) is 9.14. The van der Waals surface area contributed by atoms with E-state index >= 15 is 0 Å². The lowest BCUT2D eigenvalue weighted by Crippen LogP contribution is -2.34. The third-order valence-corrected chi connectivity index (χ3v) is 15.4. The van der Waals surface area contributed by atoms with Crippen molar-refractivity contribution in [2.45, 2.75) is 239 Å². The van der Waals surface area contributed by atoms with Crippen LogP contribution in [0, 0.1) is 11.8 Å². The highest BCUT2D eigenvalue weighted by Gasteiger charge is 2.21. The zero-order chi connectivity index (χ0) is 31.2. The molecule has 42 heavy (non-hydrogen) atoms. The molecule has 0 heterocycles. The van der Waals surface area contributed by atoms with Crippen LogP contribution in [0.2, 0.25) is 31.7 Å². The molecule has 0 bridgehead atoms. The van der Waals surface area contributed by atoms with Gasteiger partial charge in [0.05, 0.1) is 0 Å². The monoisotopic (exact) mass is 625 g/mol. The third kappa shape index (κ3) is 36.6. The molecule has 1 nitrogen and oxygen atoms in total. The van der Waals surface area contributed by atoms with Crippen LogP contribution < -0.4 is 0 Å². The van der Waals surface area contributed by atoms with E-state index in [4.69, 9.17) is 4.12 Å². The average Bonchev–Trinajstić information content (AvgIpc) is 2.91. The summed E-state index contributed by atoms with van der Waals surface area (Å²) in [4.78, 5) is 0. The SMILES string of the molecule is CC(C)CCCCCCCCCCCCCCC[SiH](CCCCCCCCCCCCCCCC(C)C)O[Si](C)(C)C. The Balaban J connectivity index is 3.59. The standard InChI is InChI=1S/C39H84OSi2/c1-38(2)34-30-26-22-18-14-10-8-12-16-20-24-28-32-36-41(40-42(5,6)7)37-33-29-25-21-17-13-9-11-15-19-23-27-31-35-39(3)4/h38-39,41H,8-37H2,1-7H3. The van der Waals surface area contributed by atoms with E-state index in [0.29, 0.717) is 0 Å². The number of unbranched alkanes of at least 4 members (excludes halogenated alkanes) is 24. The largest absolute Gasteiger partial charge is 0.458 e. The van der Waals surface area contributed by atoms with Crippen LogP contribution in [-0.4, -0.2) is 17.4 Å². The van der Waals surface area contributed by atoms with Gasteiger partial charge in [-0.15, -0.1) is 0 Å². The van der Waals surface area contributed by atoms with Gasteiger partial charge in [0.2, 0.25) is 0 Å². The predicted molar refractivity (Wildman–Crippen MR) is 200 cm³/mol. The molecule has 0 amide bonds. The minimum absolute atomic E-state index is 0.889. The summed E-state index contributed by atoms with van der Waals surface area (Å²) in [6.45, 7) is 16.6. The lowest BCUT2D eigenvalue weighted by molar-refractivity contribution is 0.502. The van der Waals surface area contributed by atoms with Crippen molar-refractivity contribution < 1.29 is 4.12 Å². The first-order chi connectivity index (χ1) is 20.2. The molecule has 0 N–H and O–H groups in total. The van der Waals surface area contributed by atoms with Crippen molar-refractivity contribution in [3.05, 3.63) is 0 Å². The first kappa shape index (κ1) is 42.4. The summed E-state index contributed by atoms with van der Waals surface area (Å²) >= 11 is 0. The van der Waals surface area contributed by atoms with Crippen LogP contribution in [0.3, 0.4) is 0 Å². The normalized spacial score (nSPS) is 12.4. The van der Waals surface area contributed by atoms with Crippen molar-refractivity contribution in [3.63, 3.8) is 0 Å². The van der Waals surface area contributed by atoms with E-state index in [9.17, 15) is 0 Å². The van der Waals surface area contributed by atoms with E-state index in [1.54, 1.807) is 0 Å². The zero-order valence-corrected chi connectivity index (χ0v) is 33.0. The Labute approximate surface area is 271 Å². The van der Waals surface area contributed by atoms with E-state index in [2.05, 4.69) is 47.3 Å². The van der Waals surface area contributed by atoms with Gasteiger partial charge in [0.25, 0.3) is 0 Å². The molecule has 3 heteroatoms. The molecule has 254 valence electrons. The van der Waals surface area contributed by atoms with Crippen LogP contribution in [0.25, 0.3) is 0 Å². The molecule has 0 radical (unpaired) electrons. The van der Waals surface area contributed by atoms with Gasteiger partial charge >= 0.3 is 0 Å². The second-order valence-electron chi connectivity index (χ2n) is 16.0. The summed E-state index contributed by atoms with van der Waals surface area (Å²) in [5, 5.41) is 0. The van der Waals surface area contributed by atoms with Crippen molar-refractivity contribution in [1.82, 2.24) is 0 Å². The van der Waals surface area contributed by atoms with Gasteiger partial charge in [-0.2, -0.15) is 0 Å². The molecule has 0 aliphatic rings. The van der Waals surface area contributed by atoms with E-state index in [1.165, 1.54) is 192 Å². The van der Waals surface area contributed by atoms with Gasteiger partial charge in [-0.05, 0) is 43.6 Å². The Morgan fingerprint density at radius 2 is 0.571 bits per heavy atom. The molecule has 0 spiro atoms. The lowest BCUT2D eigenvalue weighted by Gasteiger charge is -2.26. The molecule has 0 aliphatic heterocycles. The van der Waals surface area contributed by atoms with Crippen molar-refractivity contribution in [3.8, 4) is 0 Å². The van der Waals surface area contributed by atoms with Crippen molar-refractivity contribution in [2.75, 3.05) is 0 Å². The highest BCUT2D eigenvalue weighted by atomic mass is 28.4. The molecule has 0 aromatic heterocycles. The van der Waals surface area contributed by atoms with Gasteiger partial charge in [-0.3, -0.25) is 0 Å². The molecule has 0 atom stereocenters. The second-order valence-corrected chi connectivity index (χ2v) is 23.6. The van der Waals surface area contributed by atoms with Crippen molar-refractivity contribution in [1.29, 1.82) is 0 Å². The molecular weight excluding hydrogens is 541 g/mol. The molecule has 0 saturated heterocycles. The van der Waals surface area contributed by atoms with Gasteiger partial charge in [0.15, 0.2) is 17.4 Å². The van der Waals surface area contributed by atoms with Crippen molar-refractivity contribution in [2.24, 2.45) is 11.8 Å². The Morgan fingerprint density at radius 1 is 0.357 bits per heavy atom. The fourth-order valence-electron chi connectivity index (χ4n) is 6.50. The quantitative estimate of drug-likeness (QED) is 0.0511. The van der Waals surface area contributed by atoms with Crippen LogP contribution in [0.5, 0.6) is 0 Å². The minimum Gasteiger partial charge on any atom is -0.458 e. The molecule has 0 saturated carbocycles. The zero-order valence-electron chi connectivity index (χ0n) is 30.9. The smallest absolute Gasteiger partial charge is 0.170 e. The first-order valence-corrected chi connectivity index (χ1v) is 25.4. The molecule has 0 rings (SSSR count). The molecule has 0 unspecified atom stereocenters. The van der Waals surface area contributed by atoms with Crippen LogP contribution >= 0.6 is 0 Å². The summed E-state index contributed by atoms with van der Waals surface area (Å²) in [6.07, 6.45) is 40.9.